The average Bonchev–Trinajstić information content (AvgIpc) is 3.00. The second-order valence-electron chi connectivity index (χ2n) is 9.64. The molecule has 1 aliphatic rings. The first-order valence-electron chi connectivity index (χ1n) is 10.5. The maximum absolute atomic E-state index is 2.42. The predicted octanol–water partition coefficient (Wildman–Crippen LogP) is 6.88. The van der Waals surface area contributed by atoms with Gasteiger partial charge in [0.1, 0.15) is 7.05 Å². The molecule has 0 aliphatic heterocycles. The van der Waals surface area contributed by atoms with E-state index in [0.717, 1.165) is 6.42 Å². The number of aromatic nitrogens is 1. The van der Waals surface area contributed by atoms with E-state index < -0.39 is 0 Å². The molecule has 3 aromatic carbocycles. The Bertz CT molecular complexity index is 1270. The molecule has 0 N–H and O–H groups in total. The van der Waals surface area contributed by atoms with E-state index in [0.29, 0.717) is 0 Å². The first-order chi connectivity index (χ1) is 13.8. The fourth-order valence-electron chi connectivity index (χ4n) is 4.88. The summed E-state index contributed by atoms with van der Waals surface area (Å²) in [6, 6.07) is 22.6. The van der Waals surface area contributed by atoms with E-state index in [4.69, 9.17) is 0 Å². The van der Waals surface area contributed by atoms with Crippen molar-refractivity contribution in [1.29, 1.82) is 0 Å². The highest BCUT2D eigenvalue weighted by atomic mass is 14.9. The summed E-state index contributed by atoms with van der Waals surface area (Å²) in [6.45, 7) is 9.19. The monoisotopic (exact) mass is 378 g/mol. The molecule has 1 aliphatic carbocycles. The third-order valence-corrected chi connectivity index (χ3v) is 6.16. The number of nitrogens with zero attached hydrogens (tertiary/aromatic N) is 1. The highest BCUT2D eigenvalue weighted by Crippen LogP contribution is 2.49. The van der Waals surface area contributed by atoms with Crippen molar-refractivity contribution in [2.24, 2.45) is 12.5 Å². The molecule has 144 valence electrons. The molecule has 0 saturated carbocycles. The number of fused-ring (bicyclic) bond motifs is 3. The molecule has 1 nitrogen and oxygen atoms in total. The van der Waals surface area contributed by atoms with Crippen molar-refractivity contribution in [3.05, 3.63) is 78.0 Å². The Morgan fingerprint density at radius 1 is 0.759 bits per heavy atom. The van der Waals surface area contributed by atoms with Gasteiger partial charge in [0.2, 0.25) is 5.69 Å². The van der Waals surface area contributed by atoms with Gasteiger partial charge in [-0.3, -0.25) is 0 Å². The van der Waals surface area contributed by atoms with Crippen LogP contribution in [0.15, 0.2) is 66.9 Å². The number of aryl methyl sites for hydroxylation is 2. The van der Waals surface area contributed by atoms with Gasteiger partial charge in [-0.2, -0.15) is 0 Å². The normalized spacial score (nSPS) is 12.4. The third-order valence-electron chi connectivity index (χ3n) is 6.16. The van der Waals surface area contributed by atoms with Gasteiger partial charge in [-0.25, -0.2) is 4.57 Å². The van der Waals surface area contributed by atoms with Gasteiger partial charge in [0.05, 0.1) is 5.56 Å². The maximum atomic E-state index is 2.42. The Labute approximate surface area is 173 Å². The van der Waals surface area contributed by atoms with Crippen molar-refractivity contribution in [2.45, 2.75) is 34.1 Å². The molecular weight excluding hydrogens is 350 g/mol. The smallest absolute Gasteiger partial charge is 0.201 e. The molecule has 1 heterocycles. The first kappa shape index (κ1) is 18.1. The summed E-state index contributed by atoms with van der Waals surface area (Å²) in [7, 11) is 2.16. The lowest BCUT2D eigenvalue weighted by molar-refractivity contribution is -0.660. The average molecular weight is 379 g/mol. The molecule has 0 amide bonds. The van der Waals surface area contributed by atoms with Crippen LogP contribution < -0.4 is 4.57 Å². The molecular formula is C28H28N+. The zero-order chi connectivity index (χ0) is 20.3. The zero-order valence-electron chi connectivity index (χ0n) is 18.0. The van der Waals surface area contributed by atoms with Crippen LogP contribution in [0.5, 0.6) is 0 Å². The van der Waals surface area contributed by atoms with Crippen LogP contribution >= 0.6 is 0 Å². The summed E-state index contributed by atoms with van der Waals surface area (Å²) in [5.41, 5.74) is 11.1. The number of hydrogen-bond donors (Lipinski definition) is 0. The fraction of sp³-hybridized carbons (Fsp3) is 0.250. The molecule has 1 heteroatoms. The maximum Gasteiger partial charge on any atom is 0.212 e. The molecule has 0 bridgehead atoms. The summed E-state index contributed by atoms with van der Waals surface area (Å²) in [4.78, 5) is 0. The Morgan fingerprint density at radius 2 is 1.45 bits per heavy atom. The summed E-state index contributed by atoms with van der Waals surface area (Å²) in [5, 5.41) is 2.77. The minimum absolute atomic E-state index is 0.275. The van der Waals surface area contributed by atoms with Gasteiger partial charge in [0.15, 0.2) is 6.20 Å². The summed E-state index contributed by atoms with van der Waals surface area (Å²) in [5.74, 6) is 0. The van der Waals surface area contributed by atoms with Gasteiger partial charge in [-0.05, 0) is 69.0 Å². The first-order valence-corrected chi connectivity index (χ1v) is 10.5. The fourth-order valence-corrected chi connectivity index (χ4v) is 4.88. The highest BCUT2D eigenvalue weighted by Gasteiger charge is 2.25. The van der Waals surface area contributed by atoms with E-state index >= 15 is 0 Å². The predicted molar refractivity (Wildman–Crippen MR) is 123 cm³/mol. The quantitative estimate of drug-likeness (QED) is 0.295. The summed E-state index contributed by atoms with van der Waals surface area (Å²) in [6.07, 6.45) is 3.29. The van der Waals surface area contributed by atoms with E-state index in [1.54, 1.807) is 0 Å². The van der Waals surface area contributed by atoms with Crippen molar-refractivity contribution in [3.63, 3.8) is 0 Å². The van der Waals surface area contributed by atoms with Crippen LogP contribution in [0, 0.1) is 12.3 Å². The van der Waals surface area contributed by atoms with Crippen LogP contribution in [0.4, 0.5) is 0 Å². The molecule has 4 aromatic rings. The van der Waals surface area contributed by atoms with Crippen molar-refractivity contribution < 1.29 is 4.57 Å². The SMILES string of the molecule is Cc1c(-c2cc(CC(C)(C)C)cc[n+]2C)cc2c3c(cccc13)-c1ccccc1-2. The minimum Gasteiger partial charge on any atom is -0.201 e. The van der Waals surface area contributed by atoms with Crippen LogP contribution in [0.2, 0.25) is 0 Å². The summed E-state index contributed by atoms with van der Waals surface area (Å²) >= 11 is 0. The van der Waals surface area contributed by atoms with Gasteiger partial charge >= 0.3 is 0 Å². The molecule has 0 saturated heterocycles. The van der Waals surface area contributed by atoms with Crippen LogP contribution in [0.3, 0.4) is 0 Å². The van der Waals surface area contributed by atoms with E-state index in [-0.39, 0.29) is 5.41 Å². The Hall–Kier alpha value is -2.93. The van der Waals surface area contributed by atoms with Crippen molar-refractivity contribution in [1.82, 2.24) is 0 Å². The van der Waals surface area contributed by atoms with Crippen LogP contribution in [0.25, 0.3) is 44.3 Å². The highest BCUT2D eigenvalue weighted by molar-refractivity contribution is 6.17. The lowest BCUT2D eigenvalue weighted by Gasteiger charge is -2.18. The van der Waals surface area contributed by atoms with Crippen molar-refractivity contribution >= 4 is 10.8 Å². The van der Waals surface area contributed by atoms with Crippen molar-refractivity contribution in [3.8, 4) is 33.5 Å². The van der Waals surface area contributed by atoms with E-state index in [1.165, 1.54) is 55.4 Å². The topological polar surface area (TPSA) is 3.88 Å². The number of pyridine rings is 1. The second kappa shape index (κ2) is 6.29. The largest absolute Gasteiger partial charge is 0.212 e. The summed E-state index contributed by atoms with van der Waals surface area (Å²) < 4.78 is 2.26. The van der Waals surface area contributed by atoms with Crippen molar-refractivity contribution in [2.75, 3.05) is 0 Å². The molecule has 0 spiro atoms. The third kappa shape index (κ3) is 2.88. The number of benzene rings is 3. The van der Waals surface area contributed by atoms with Gasteiger partial charge in [0, 0.05) is 12.1 Å². The zero-order valence-corrected chi connectivity index (χ0v) is 18.0. The lowest BCUT2D eigenvalue weighted by Crippen LogP contribution is -2.31. The number of rotatable bonds is 2. The number of hydrogen-bond acceptors (Lipinski definition) is 0. The van der Waals surface area contributed by atoms with Crippen LogP contribution in [-0.4, -0.2) is 0 Å². The Kier molecular flexibility index (Phi) is 3.93. The van der Waals surface area contributed by atoms with Gasteiger partial charge in [-0.15, -0.1) is 0 Å². The van der Waals surface area contributed by atoms with E-state index in [2.05, 4.69) is 106 Å². The molecule has 0 atom stereocenters. The second-order valence-corrected chi connectivity index (χ2v) is 9.64. The molecule has 0 radical (unpaired) electrons. The van der Waals surface area contributed by atoms with Gasteiger partial charge in [0.25, 0.3) is 0 Å². The molecule has 1 aromatic heterocycles. The standard InChI is InChI=1S/C28H28N/c1-18-20-11-8-12-23-21-9-6-7-10-22(21)25(27(20)23)16-24(18)26-15-19(13-14-29(26)5)17-28(2,3)4/h6-16H,17H2,1-5H3/q+1. The van der Waals surface area contributed by atoms with E-state index in [1.807, 2.05) is 0 Å². The Balaban J connectivity index is 1.79. The molecule has 29 heavy (non-hydrogen) atoms. The van der Waals surface area contributed by atoms with Crippen LogP contribution in [0.1, 0.15) is 31.9 Å². The van der Waals surface area contributed by atoms with E-state index in [9.17, 15) is 0 Å². The minimum atomic E-state index is 0.275. The Morgan fingerprint density at radius 3 is 2.17 bits per heavy atom. The lowest BCUT2D eigenvalue weighted by atomic mass is 9.87. The molecule has 5 rings (SSSR count). The van der Waals surface area contributed by atoms with Gasteiger partial charge < -0.3 is 0 Å². The molecule has 0 fully saturated rings. The van der Waals surface area contributed by atoms with Crippen LogP contribution in [-0.2, 0) is 13.5 Å². The molecule has 0 unspecified atom stereocenters. The van der Waals surface area contributed by atoms with Gasteiger partial charge in [-0.1, -0.05) is 63.2 Å².